The third kappa shape index (κ3) is 6.14. The molecule has 2 aromatic rings. The van der Waals surface area contributed by atoms with E-state index in [1.54, 1.807) is 0 Å². The lowest BCUT2D eigenvalue weighted by molar-refractivity contribution is -0.142. The maximum atomic E-state index is 13.0. The summed E-state index contributed by atoms with van der Waals surface area (Å²) >= 11 is 1.44. The smallest absolute Gasteiger partial charge is 0.421 e. The van der Waals surface area contributed by atoms with Crippen LogP contribution < -0.4 is 16.2 Å². The maximum absolute atomic E-state index is 13.0. The number of esters is 1. The Hall–Kier alpha value is -3.37. The van der Waals surface area contributed by atoms with Crippen molar-refractivity contribution < 1.29 is 28.7 Å². The third-order valence-corrected chi connectivity index (χ3v) is 7.55. The van der Waals surface area contributed by atoms with Crippen molar-refractivity contribution in [1.82, 2.24) is 16.2 Å². The number of fused-ring (bicyclic) bond motifs is 3. The summed E-state index contributed by atoms with van der Waals surface area (Å²) < 4.78 is 10.1. The van der Waals surface area contributed by atoms with E-state index in [0.29, 0.717) is 18.6 Å². The fourth-order valence-electron chi connectivity index (χ4n) is 4.67. The van der Waals surface area contributed by atoms with Crippen molar-refractivity contribution in [1.29, 1.82) is 0 Å². The van der Waals surface area contributed by atoms with Crippen molar-refractivity contribution in [3.8, 4) is 11.1 Å². The van der Waals surface area contributed by atoms with Crippen molar-refractivity contribution in [2.75, 3.05) is 32.3 Å². The molecule has 1 atom stereocenters. The molecule has 0 aliphatic heterocycles. The predicted octanol–water partition coefficient (Wildman–Crippen LogP) is 2.79. The molecule has 10 heteroatoms. The van der Waals surface area contributed by atoms with Crippen LogP contribution in [0, 0.1) is 5.41 Å². The Labute approximate surface area is 220 Å². The van der Waals surface area contributed by atoms with Gasteiger partial charge >= 0.3 is 12.1 Å². The first-order valence-corrected chi connectivity index (χ1v) is 13.5. The minimum atomic E-state index is -0.812. The Kier molecular flexibility index (Phi) is 8.50. The highest BCUT2D eigenvalue weighted by Crippen LogP contribution is 2.49. The minimum Gasteiger partial charge on any atom is -0.468 e. The van der Waals surface area contributed by atoms with Crippen LogP contribution in [-0.2, 0) is 23.9 Å². The standard InChI is InChI=1S/C27H31N3O6S/c1-35-24(32)14-28-25(33)27(11-12-27)13-23(31)22(16-37-2)29-30-26(34)36-15-21-19-9-5-3-7-17(19)18-8-4-6-10-20(18)21/h3-10,21-22,29H,11-16H2,1-2H3,(H,28,33)(H,30,34)/t22-/m1/s1. The van der Waals surface area contributed by atoms with Gasteiger partial charge < -0.3 is 14.8 Å². The average molecular weight is 526 g/mol. The molecule has 2 amide bonds. The molecule has 3 N–H and O–H groups in total. The van der Waals surface area contributed by atoms with E-state index in [4.69, 9.17) is 4.74 Å². The van der Waals surface area contributed by atoms with Crippen LogP contribution in [-0.4, -0.2) is 62.1 Å². The second-order valence-corrected chi connectivity index (χ2v) is 10.2. The van der Waals surface area contributed by atoms with Crippen LogP contribution in [0.1, 0.15) is 36.3 Å². The lowest BCUT2D eigenvalue weighted by Gasteiger charge is -2.21. The topological polar surface area (TPSA) is 123 Å². The Morgan fingerprint density at radius 1 is 1.03 bits per heavy atom. The quantitative estimate of drug-likeness (QED) is 0.286. The number of carbonyl (C=O) groups is 4. The van der Waals surface area contributed by atoms with Gasteiger partial charge in [-0.15, -0.1) is 0 Å². The van der Waals surface area contributed by atoms with Crippen LogP contribution in [0.25, 0.3) is 11.1 Å². The van der Waals surface area contributed by atoms with Gasteiger partial charge in [0.15, 0.2) is 5.78 Å². The molecule has 4 rings (SSSR count). The fourth-order valence-corrected chi connectivity index (χ4v) is 5.27. The second kappa shape index (κ2) is 11.8. The van der Waals surface area contributed by atoms with Gasteiger partial charge in [-0.25, -0.2) is 10.2 Å². The monoisotopic (exact) mass is 525 g/mol. The van der Waals surface area contributed by atoms with Gasteiger partial charge in [-0.2, -0.15) is 11.8 Å². The van der Waals surface area contributed by atoms with Crippen LogP contribution >= 0.6 is 11.8 Å². The van der Waals surface area contributed by atoms with E-state index in [9.17, 15) is 19.2 Å². The molecule has 2 aliphatic carbocycles. The van der Waals surface area contributed by atoms with Gasteiger partial charge in [0.05, 0.1) is 18.6 Å². The van der Waals surface area contributed by atoms with Gasteiger partial charge in [-0.1, -0.05) is 48.5 Å². The summed E-state index contributed by atoms with van der Waals surface area (Å²) in [6.07, 6.45) is 2.32. The first-order valence-electron chi connectivity index (χ1n) is 12.1. The molecule has 2 aliphatic rings. The number of benzene rings is 2. The number of ketones is 1. The van der Waals surface area contributed by atoms with Gasteiger partial charge in [0.2, 0.25) is 5.91 Å². The summed E-state index contributed by atoms with van der Waals surface area (Å²) in [6.45, 7) is -0.0761. The zero-order valence-corrected chi connectivity index (χ0v) is 21.7. The summed E-state index contributed by atoms with van der Waals surface area (Å²) in [5.41, 5.74) is 8.97. The molecule has 9 nitrogen and oxygen atoms in total. The molecule has 0 radical (unpaired) electrons. The van der Waals surface area contributed by atoms with Gasteiger partial charge in [0.1, 0.15) is 13.2 Å². The molecule has 0 bridgehead atoms. The minimum absolute atomic E-state index is 0.0185. The number of carbonyl (C=O) groups excluding carboxylic acids is 4. The number of ether oxygens (including phenoxy) is 2. The van der Waals surface area contributed by atoms with E-state index in [-0.39, 0.29) is 37.2 Å². The summed E-state index contributed by atoms with van der Waals surface area (Å²) in [5.74, 6) is -0.745. The SMILES string of the molecule is COC(=O)CNC(=O)C1(CC(=O)[C@@H](CSC)NNC(=O)OCC2c3ccccc3-c3ccccc32)CC1. The Bertz CT molecular complexity index is 1140. The first kappa shape index (κ1) is 26.7. The highest BCUT2D eigenvalue weighted by Gasteiger charge is 2.51. The highest BCUT2D eigenvalue weighted by atomic mass is 32.2. The Morgan fingerprint density at radius 3 is 2.22 bits per heavy atom. The first-order chi connectivity index (χ1) is 17.9. The Morgan fingerprint density at radius 2 is 1.65 bits per heavy atom. The third-order valence-electron chi connectivity index (χ3n) is 6.88. The number of methoxy groups -OCH3 is 1. The van der Waals surface area contributed by atoms with Gasteiger partial charge in [0.25, 0.3) is 0 Å². The molecule has 0 aromatic heterocycles. The Balaban J connectivity index is 1.30. The van der Waals surface area contributed by atoms with E-state index < -0.39 is 23.5 Å². The number of hydrogen-bond acceptors (Lipinski definition) is 8. The van der Waals surface area contributed by atoms with Crippen molar-refractivity contribution in [2.45, 2.75) is 31.2 Å². The molecule has 37 heavy (non-hydrogen) atoms. The molecular formula is C27H31N3O6S. The van der Waals surface area contributed by atoms with Gasteiger partial charge in [-0.3, -0.25) is 19.8 Å². The van der Waals surface area contributed by atoms with E-state index in [2.05, 4.69) is 33.0 Å². The molecule has 0 spiro atoms. The zero-order valence-electron chi connectivity index (χ0n) is 20.9. The molecule has 0 heterocycles. The van der Waals surface area contributed by atoms with E-state index >= 15 is 0 Å². The van der Waals surface area contributed by atoms with Crippen molar-refractivity contribution in [2.24, 2.45) is 5.41 Å². The molecule has 0 unspecified atom stereocenters. The fraction of sp³-hybridized carbons (Fsp3) is 0.407. The maximum Gasteiger partial charge on any atom is 0.421 e. The van der Waals surface area contributed by atoms with Crippen LogP contribution in [0.4, 0.5) is 4.79 Å². The normalized spacial score (nSPS) is 15.6. The molecule has 2 aromatic carbocycles. The van der Waals surface area contributed by atoms with Crippen LogP contribution in [0.3, 0.4) is 0 Å². The van der Waals surface area contributed by atoms with Crippen LogP contribution in [0.5, 0.6) is 0 Å². The van der Waals surface area contributed by atoms with Crippen LogP contribution in [0.15, 0.2) is 48.5 Å². The number of amides is 2. The van der Waals surface area contributed by atoms with Crippen molar-refractivity contribution in [3.63, 3.8) is 0 Å². The number of hydrogen-bond donors (Lipinski definition) is 3. The summed E-state index contributed by atoms with van der Waals surface area (Å²) in [5, 5.41) is 2.54. The molecule has 196 valence electrons. The van der Waals surface area contributed by atoms with Crippen molar-refractivity contribution in [3.05, 3.63) is 59.7 Å². The number of nitrogens with one attached hydrogen (secondary N) is 3. The van der Waals surface area contributed by atoms with Gasteiger partial charge in [0, 0.05) is 18.1 Å². The number of Topliss-reactive ketones (excluding diaryl/α,β-unsaturated/α-hetero) is 1. The number of thioether (sulfide) groups is 1. The summed E-state index contributed by atoms with van der Waals surface area (Å²) in [4.78, 5) is 49.4. The zero-order chi connectivity index (χ0) is 26.4. The van der Waals surface area contributed by atoms with E-state index in [1.165, 1.54) is 18.9 Å². The second-order valence-electron chi connectivity index (χ2n) is 9.29. The van der Waals surface area contributed by atoms with E-state index in [1.807, 2.05) is 42.7 Å². The number of rotatable bonds is 12. The van der Waals surface area contributed by atoms with E-state index in [0.717, 1.165) is 22.3 Å². The summed E-state index contributed by atoms with van der Waals surface area (Å²) in [6, 6.07) is 15.5. The molecule has 0 saturated heterocycles. The molecular weight excluding hydrogens is 494 g/mol. The average Bonchev–Trinajstić information content (AvgIpc) is 3.63. The lowest BCUT2D eigenvalue weighted by Crippen LogP contribution is -2.50. The highest BCUT2D eigenvalue weighted by molar-refractivity contribution is 7.98. The van der Waals surface area contributed by atoms with Gasteiger partial charge in [-0.05, 0) is 41.4 Å². The summed E-state index contributed by atoms with van der Waals surface area (Å²) in [7, 11) is 1.24. The predicted molar refractivity (Wildman–Crippen MR) is 140 cm³/mol. The van der Waals surface area contributed by atoms with Crippen molar-refractivity contribution >= 4 is 35.5 Å². The number of hydrazine groups is 1. The molecule has 1 saturated carbocycles. The lowest BCUT2D eigenvalue weighted by atomic mass is 9.95. The largest absolute Gasteiger partial charge is 0.468 e. The van der Waals surface area contributed by atoms with Crippen LogP contribution in [0.2, 0.25) is 0 Å². The molecule has 1 fully saturated rings.